The number of imidazole rings is 2. The highest BCUT2D eigenvalue weighted by molar-refractivity contribution is 5.73. The van der Waals surface area contributed by atoms with Crippen molar-refractivity contribution in [2.24, 2.45) is 5.41 Å². The van der Waals surface area contributed by atoms with Crippen LogP contribution in [0.15, 0.2) is 24.5 Å². The van der Waals surface area contributed by atoms with Gasteiger partial charge in [-0.05, 0) is 99.9 Å². The molecule has 5 heterocycles. The average molecular weight is 526 g/mol. The van der Waals surface area contributed by atoms with Crippen molar-refractivity contribution in [1.29, 1.82) is 0 Å². The number of aromatic nitrogens is 4. The summed E-state index contributed by atoms with van der Waals surface area (Å²) in [5.74, 6) is 2.84. The van der Waals surface area contributed by atoms with Crippen molar-refractivity contribution in [3.8, 4) is 11.3 Å². The average Bonchev–Trinajstić information content (AvgIpc) is 3.81. The SMILES string of the molecule is c1nc([C@@H]2CCCN2)[nH]c1-c1ccc(N2CCC(c3cnc([C@@H]4CCCN4)[nH]3)CC2)c2c1CC1(CCCC1)C2. The molecule has 1 aromatic carbocycles. The molecule has 4 N–H and O–H groups in total. The lowest BCUT2D eigenvalue weighted by Crippen LogP contribution is -2.33. The predicted molar refractivity (Wildman–Crippen MR) is 155 cm³/mol. The maximum atomic E-state index is 4.82. The molecule has 3 aliphatic heterocycles. The van der Waals surface area contributed by atoms with Crippen LogP contribution >= 0.6 is 0 Å². The molecule has 3 aromatic rings. The molecular formula is C32H43N7. The van der Waals surface area contributed by atoms with E-state index < -0.39 is 0 Å². The molecule has 39 heavy (non-hydrogen) atoms. The standard InChI is InChI=1S/C32H43N7/c1-2-12-32(11-1)17-23-22(28-20-36-31(38-28)26-6-4-14-34-26)7-8-29(24(23)18-32)39-15-9-21(10-16-39)27-19-35-30(37-27)25-5-3-13-33-25/h7-8,19-21,25-26,33-34H,1-6,9-18H2,(H,35,37)(H,36,38)/t25-,26-/m0/s1. The molecule has 2 atom stereocenters. The molecule has 5 aliphatic rings. The van der Waals surface area contributed by atoms with Crippen LogP contribution in [0.4, 0.5) is 5.69 Å². The van der Waals surface area contributed by atoms with Crippen molar-refractivity contribution in [2.45, 2.75) is 95.1 Å². The second-order valence-corrected chi connectivity index (χ2v) is 13.1. The zero-order valence-electron chi connectivity index (χ0n) is 23.2. The molecule has 206 valence electrons. The van der Waals surface area contributed by atoms with E-state index in [2.05, 4.69) is 50.0 Å². The molecule has 0 unspecified atom stereocenters. The van der Waals surface area contributed by atoms with Crippen LogP contribution in [0, 0.1) is 5.41 Å². The van der Waals surface area contributed by atoms with Crippen molar-refractivity contribution in [2.75, 3.05) is 31.1 Å². The Kier molecular flexibility index (Phi) is 6.06. The Morgan fingerprint density at radius 2 is 1.44 bits per heavy atom. The Balaban J connectivity index is 1.04. The number of benzene rings is 1. The van der Waals surface area contributed by atoms with Gasteiger partial charge in [0, 0.05) is 42.1 Å². The number of nitrogens with one attached hydrogen (secondary N) is 4. The summed E-state index contributed by atoms with van der Waals surface area (Å²) < 4.78 is 0. The first kappa shape index (κ1) is 24.2. The van der Waals surface area contributed by atoms with Crippen molar-refractivity contribution >= 4 is 5.69 Å². The summed E-state index contributed by atoms with van der Waals surface area (Å²) in [6.07, 6.45) is 19.5. The molecule has 7 heteroatoms. The molecule has 8 rings (SSSR count). The van der Waals surface area contributed by atoms with Crippen LogP contribution < -0.4 is 15.5 Å². The van der Waals surface area contributed by atoms with E-state index in [1.54, 1.807) is 11.1 Å². The first-order valence-electron chi connectivity index (χ1n) is 15.7. The first-order valence-corrected chi connectivity index (χ1v) is 15.7. The number of nitrogens with zero attached hydrogens (tertiary/aromatic N) is 3. The number of aromatic amines is 2. The number of H-pyrrole nitrogens is 2. The van der Waals surface area contributed by atoms with E-state index in [4.69, 9.17) is 9.97 Å². The number of hydrogen-bond donors (Lipinski definition) is 4. The highest BCUT2D eigenvalue weighted by Gasteiger charge is 2.42. The summed E-state index contributed by atoms with van der Waals surface area (Å²) in [5, 5.41) is 7.19. The van der Waals surface area contributed by atoms with Crippen molar-refractivity contribution in [3.05, 3.63) is 53.0 Å². The molecule has 7 nitrogen and oxygen atoms in total. The van der Waals surface area contributed by atoms with Gasteiger partial charge in [-0.25, -0.2) is 9.97 Å². The molecule has 4 fully saturated rings. The van der Waals surface area contributed by atoms with Crippen LogP contribution in [0.2, 0.25) is 0 Å². The molecule has 3 saturated heterocycles. The Bertz CT molecular complexity index is 1310. The first-order chi connectivity index (χ1) is 19.2. The van der Waals surface area contributed by atoms with E-state index >= 15 is 0 Å². The van der Waals surface area contributed by atoms with Crippen LogP contribution in [-0.4, -0.2) is 46.1 Å². The van der Waals surface area contributed by atoms with Crippen molar-refractivity contribution in [1.82, 2.24) is 30.6 Å². The molecule has 1 saturated carbocycles. The minimum absolute atomic E-state index is 0.383. The molecule has 2 aromatic heterocycles. The highest BCUT2D eigenvalue weighted by atomic mass is 15.1. The van der Waals surface area contributed by atoms with E-state index in [0.717, 1.165) is 37.8 Å². The van der Waals surface area contributed by atoms with Gasteiger partial charge in [0.15, 0.2) is 0 Å². The second-order valence-electron chi connectivity index (χ2n) is 13.1. The van der Waals surface area contributed by atoms with Gasteiger partial charge >= 0.3 is 0 Å². The molecule has 0 radical (unpaired) electrons. The van der Waals surface area contributed by atoms with Gasteiger partial charge in [-0.15, -0.1) is 0 Å². The summed E-state index contributed by atoms with van der Waals surface area (Å²) >= 11 is 0. The summed E-state index contributed by atoms with van der Waals surface area (Å²) in [5.41, 5.74) is 9.19. The molecule has 0 amide bonds. The van der Waals surface area contributed by atoms with Gasteiger partial charge in [-0.2, -0.15) is 0 Å². The zero-order valence-corrected chi connectivity index (χ0v) is 23.2. The lowest BCUT2D eigenvalue weighted by molar-refractivity contribution is 0.318. The van der Waals surface area contributed by atoms with Gasteiger partial charge in [0.05, 0.1) is 24.0 Å². The van der Waals surface area contributed by atoms with E-state index in [-0.39, 0.29) is 0 Å². The Morgan fingerprint density at radius 3 is 2.15 bits per heavy atom. The van der Waals surface area contributed by atoms with Crippen LogP contribution in [-0.2, 0) is 12.8 Å². The smallest absolute Gasteiger partial charge is 0.123 e. The monoisotopic (exact) mass is 525 g/mol. The summed E-state index contributed by atoms with van der Waals surface area (Å²) in [6.45, 7) is 4.47. The third-order valence-electron chi connectivity index (χ3n) is 10.7. The summed E-state index contributed by atoms with van der Waals surface area (Å²) in [7, 11) is 0. The highest BCUT2D eigenvalue weighted by Crippen LogP contribution is 2.53. The number of fused-ring (bicyclic) bond motifs is 1. The fourth-order valence-electron chi connectivity index (χ4n) is 8.57. The van der Waals surface area contributed by atoms with Crippen LogP contribution in [0.3, 0.4) is 0 Å². The number of rotatable bonds is 5. The van der Waals surface area contributed by atoms with Crippen molar-refractivity contribution < 1.29 is 0 Å². The lowest BCUT2D eigenvalue weighted by atomic mass is 9.83. The second kappa shape index (κ2) is 9.77. The van der Waals surface area contributed by atoms with E-state index in [0.29, 0.717) is 23.4 Å². The van der Waals surface area contributed by atoms with Gasteiger partial charge in [0.1, 0.15) is 11.6 Å². The third kappa shape index (κ3) is 4.33. The van der Waals surface area contributed by atoms with Gasteiger partial charge < -0.3 is 25.5 Å². The van der Waals surface area contributed by atoms with Gasteiger partial charge in [0.2, 0.25) is 0 Å². The van der Waals surface area contributed by atoms with E-state index in [1.165, 1.54) is 99.7 Å². The molecule has 0 bridgehead atoms. The Hall–Kier alpha value is -2.64. The largest absolute Gasteiger partial charge is 0.371 e. The summed E-state index contributed by atoms with van der Waals surface area (Å²) in [6, 6.07) is 5.65. The van der Waals surface area contributed by atoms with Gasteiger partial charge in [-0.1, -0.05) is 18.9 Å². The lowest BCUT2D eigenvalue weighted by Gasteiger charge is -2.35. The van der Waals surface area contributed by atoms with E-state index in [1.807, 2.05) is 0 Å². The van der Waals surface area contributed by atoms with Gasteiger partial charge in [0.25, 0.3) is 0 Å². The third-order valence-corrected chi connectivity index (χ3v) is 10.7. The Morgan fingerprint density at radius 1 is 0.744 bits per heavy atom. The molecule has 1 spiro atoms. The minimum Gasteiger partial charge on any atom is -0.371 e. The fraction of sp³-hybridized carbons (Fsp3) is 0.625. The van der Waals surface area contributed by atoms with E-state index in [9.17, 15) is 0 Å². The minimum atomic E-state index is 0.383. The van der Waals surface area contributed by atoms with Crippen LogP contribution in [0.1, 0.15) is 111 Å². The molecule has 2 aliphatic carbocycles. The zero-order chi connectivity index (χ0) is 25.8. The van der Waals surface area contributed by atoms with Gasteiger partial charge in [-0.3, -0.25) is 0 Å². The quantitative estimate of drug-likeness (QED) is 0.344. The number of hydrogen-bond acceptors (Lipinski definition) is 5. The molecular weight excluding hydrogens is 482 g/mol. The topological polar surface area (TPSA) is 84.7 Å². The van der Waals surface area contributed by atoms with Crippen molar-refractivity contribution in [3.63, 3.8) is 0 Å². The Labute approximate surface area is 232 Å². The maximum Gasteiger partial charge on any atom is 0.123 e. The van der Waals surface area contributed by atoms with Crippen LogP contribution in [0.25, 0.3) is 11.3 Å². The fourth-order valence-corrected chi connectivity index (χ4v) is 8.57. The number of anilines is 1. The maximum absolute atomic E-state index is 4.82. The number of piperidine rings is 1. The normalized spacial score (nSPS) is 26.7. The van der Waals surface area contributed by atoms with Crippen LogP contribution in [0.5, 0.6) is 0 Å². The predicted octanol–water partition coefficient (Wildman–Crippen LogP) is 5.69. The summed E-state index contributed by atoms with van der Waals surface area (Å²) in [4.78, 5) is 19.7.